The Morgan fingerprint density at radius 1 is 1.11 bits per heavy atom. The van der Waals surface area contributed by atoms with Crippen molar-refractivity contribution >= 4 is 29.2 Å². The van der Waals surface area contributed by atoms with Gasteiger partial charge in [-0.2, -0.15) is 5.10 Å². The number of hydrogen-bond acceptors (Lipinski definition) is 5. The summed E-state index contributed by atoms with van der Waals surface area (Å²) < 4.78 is 10.8. The number of morpholine rings is 2. The van der Waals surface area contributed by atoms with E-state index in [1.165, 1.54) is 5.69 Å². The number of anilines is 1. The highest BCUT2D eigenvalue weighted by Gasteiger charge is 2.12. The molecular formula is C19H30N5O2S+. The Balaban J connectivity index is 1.31. The van der Waals surface area contributed by atoms with Crippen LogP contribution in [-0.2, 0) is 9.47 Å². The second-order valence-electron chi connectivity index (χ2n) is 6.78. The second kappa shape index (κ2) is 11.2. The first-order valence-corrected chi connectivity index (χ1v) is 10.1. The summed E-state index contributed by atoms with van der Waals surface area (Å²) in [6.07, 6.45) is 2.87. The lowest BCUT2D eigenvalue weighted by molar-refractivity contribution is -0.908. The Kier molecular flexibility index (Phi) is 8.29. The summed E-state index contributed by atoms with van der Waals surface area (Å²) in [5.41, 5.74) is 5.15. The first-order chi connectivity index (χ1) is 13.3. The van der Waals surface area contributed by atoms with Crippen molar-refractivity contribution < 1.29 is 14.4 Å². The van der Waals surface area contributed by atoms with Crippen molar-refractivity contribution in [1.29, 1.82) is 0 Å². The third kappa shape index (κ3) is 7.06. The lowest BCUT2D eigenvalue weighted by atomic mass is 10.2. The SMILES string of the molecule is S=C(NCCC[NH+]1CCOCC1)N/N=C\c1ccc(N2CCOCC2)cc1. The molecule has 2 fully saturated rings. The Hall–Kier alpha value is -1.74. The van der Waals surface area contributed by atoms with Crippen LogP contribution < -0.4 is 20.5 Å². The maximum absolute atomic E-state index is 5.39. The van der Waals surface area contributed by atoms with Crippen LogP contribution in [0.4, 0.5) is 5.69 Å². The zero-order chi connectivity index (χ0) is 18.7. The van der Waals surface area contributed by atoms with Gasteiger partial charge in [0, 0.05) is 31.7 Å². The summed E-state index contributed by atoms with van der Waals surface area (Å²) in [6, 6.07) is 8.38. The zero-order valence-electron chi connectivity index (χ0n) is 15.8. The van der Waals surface area contributed by atoms with E-state index >= 15 is 0 Å². The molecule has 0 atom stereocenters. The minimum Gasteiger partial charge on any atom is -0.378 e. The molecule has 2 aliphatic heterocycles. The molecule has 3 N–H and O–H groups in total. The Morgan fingerprint density at radius 3 is 2.56 bits per heavy atom. The van der Waals surface area contributed by atoms with Crippen LogP contribution in [0.25, 0.3) is 0 Å². The van der Waals surface area contributed by atoms with Crippen LogP contribution in [0.15, 0.2) is 29.4 Å². The van der Waals surface area contributed by atoms with Crippen molar-refractivity contribution in [2.75, 3.05) is 70.6 Å². The van der Waals surface area contributed by atoms with Gasteiger partial charge in [0.05, 0.1) is 39.2 Å². The fourth-order valence-corrected chi connectivity index (χ4v) is 3.40. The van der Waals surface area contributed by atoms with Gasteiger partial charge in [-0.1, -0.05) is 12.1 Å². The Morgan fingerprint density at radius 2 is 1.81 bits per heavy atom. The van der Waals surface area contributed by atoms with E-state index in [-0.39, 0.29) is 0 Å². The van der Waals surface area contributed by atoms with Crippen LogP contribution in [-0.4, -0.2) is 77.0 Å². The molecule has 0 spiro atoms. The maximum atomic E-state index is 5.39. The third-order valence-electron chi connectivity index (χ3n) is 4.84. The van der Waals surface area contributed by atoms with Gasteiger partial charge in [-0.15, -0.1) is 0 Å². The second-order valence-corrected chi connectivity index (χ2v) is 7.19. The number of hydrogen-bond donors (Lipinski definition) is 3. The van der Waals surface area contributed by atoms with Crippen molar-refractivity contribution in [3.05, 3.63) is 29.8 Å². The van der Waals surface area contributed by atoms with E-state index in [1.807, 2.05) is 0 Å². The highest BCUT2D eigenvalue weighted by molar-refractivity contribution is 7.80. The molecule has 0 radical (unpaired) electrons. The normalized spacial score (nSPS) is 18.6. The molecular weight excluding hydrogens is 362 g/mol. The van der Waals surface area contributed by atoms with Gasteiger partial charge < -0.3 is 24.6 Å². The monoisotopic (exact) mass is 392 g/mol. The summed E-state index contributed by atoms with van der Waals surface area (Å²) in [7, 11) is 0. The van der Waals surface area contributed by atoms with Gasteiger partial charge in [-0.05, 0) is 29.9 Å². The molecule has 0 saturated carbocycles. The summed E-state index contributed by atoms with van der Waals surface area (Å²) >= 11 is 5.26. The van der Waals surface area contributed by atoms with Crippen molar-refractivity contribution in [1.82, 2.24) is 10.7 Å². The Bertz CT molecular complexity index is 599. The van der Waals surface area contributed by atoms with Crippen LogP contribution in [0.2, 0.25) is 0 Å². The number of nitrogens with one attached hydrogen (secondary N) is 3. The summed E-state index contributed by atoms with van der Waals surface area (Å²) in [5.74, 6) is 0. The van der Waals surface area contributed by atoms with Gasteiger partial charge in [0.2, 0.25) is 0 Å². The molecule has 1 aromatic carbocycles. The molecule has 0 unspecified atom stereocenters. The number of hydrazone groups is 1. The van der Waals surface area contributed by atoms with Gasteiger partial charge in [-0.3, -0.25) is 5.43 Å². The lowest BCUT2D eigenvalue weighted by Crippen LogP contribution is -3.14. The number of rotatable bonds is 7. The van der Waals surface area contributed by atoms with Crippen molar-refractivity contribution in [3.8, 4) is 0 Å². The standard InChI is InChI=1S/C19H29N5O2S/c27-19(20-6-1-7-23-8-12-25-13-9-23)22-21-16-17-2-4-18(5-3-17)24-10-14-26-15-11-24/h2-5,16H,1,6-15H2,(H2,20,22,27)/p+1/b21-16-. The molecule has 2 heterocycles. The first-order valence-electron chi connectivity index (χ1n) is 9.72. The smallest absolute Gasteiger partial charge is 0.186 e. The number of quaternary nitrogens is 1. The van der Waals surface area contributed by atoms with E-state index in [2.05, 4.69) is 45.0 Å². The minimum absolute atomic E-state index is 0.563. The van der Waals surface area contributed by atoms with Gasteiger partial charge in [0.1, 0.15) is 13.1 Å². The molecule has 148 valence electrons. The quantitative estimate of drug-likeness (QED) is 0.255. The fraction of sp³-hybridized carbons (Fsp3) is 0.579. The molecule has 8 heteroatoms. The van der Waals surface area contributed by atoms with Crippen LogP contribution in [0.5, 0.6) is 0 Å². The molecule has 2 aliphatic rings. The van der Waals surface area contributed by atoms with E-state index < -0.39 is 0 Å². The predicted octanol–water partition coefficient (Wildman–Crippen LogP) is -0.374. The van der Waals surface area contributed by atoms with Crippen LogP contribution >= 0.6 is 12.2 Å². The van der Waals surface area contributed by atoms with Crippen LogP contribution in [0.3, 0.4) is 0 Å². The van der Waals surface area contributed by atoms with Gasteiger partial charge in [0.15, 0.2) is 5.11 Å². The summed E-state index contributed by atoms with van der Waals surface area (Å²) in [4.78, 5) is 3.95. The van der Waals surface area contributed by atoms with Gasteiger partial charge in [0.25, 0.3) is 0 Å². The highest BCUT2D eigenvalue weighted by atomic mass is 32.1. The van der Waals surface area contributed by atoms with Crippen molar-refractivity contribution in [3.63, 3.8) is 0 Å². The number of nitrogens with zero attached hydrogens (tertiary/aromatic N) is 2. The molecule has 0 aromatic heterocycles. The summed E-state index contributed by atoms with van der Waals surface area (Å²) in [5, 5.41) is 7.99. The van der Waals surface area contributed by atoms with Crippen LogP contribution in [0, 0.1) is 0 Å². The van der Waals surface area contributed by atoms with E-state index in [1.54, 1.807) is 11.1 Å². The van der Waals surface area contributed by atoms with Crippen molar-refractivity contribution in [2.24, 2.45) is 5.10 Å². The maximum Gasteiger partial charge on any atom is 0.186 e. The molecule has 1 aromatic rings. The molecule has 0 amide bonds. The predicted molar refractivity (Wildman–Crippen MR) is 112 cm³/mol. The summed E-state index contributed by atoms with van der Waals surface area (Å²) in [6.45, 7) is 9.47. The number of benzene rings is 1. The van der Waals surface area contributed by atoms with Crippen molar-refractivity contribution in [2.45, 2.75) is 6.42 Å². The fourth-order valence-electron chi connectivity index (χ4n) is 3.25. The topological polar surface area (TPSA) is 62.6 Å². The van der Waals surface area contributed by atoms with Gasteiger partial charge >= 0.3 is 0 Å². The van der Waals surface area contributed by atoms with E-state index in [0.717, 1.165) is 77.7 Å². The largest absolute Gasteiger partial charge is 0.378 e. The van der Waals surface area contributed by atoms with E-state index in [9.17, 15) is 0 Å². The molecule has 7 nitrogen and oxygen atoms in total. The van der Waals surface area contributed by atoms with Gasteiger partial charge in [-0.25, -0.2) is 0 Å². The molecule has 3 rings (SSSR count). The number of ether oxygens (including phenoxy) is 2. The average Bonchev–Trinajstić information content (AvgIpc) is 2.73. The minimum atomic E-state index is 0.563. The third-order valence-corrected chi connectivity index (χ3v) is 5.08. The average molecular weight is 393 g/mol. The van der Waals surface area contributed by atoms with E-state index in [4.69, 9.17) is 21.7 Å². The molecule has 27 heavy (non-hydrogen) atoms. The number of thiocarbonyl (C=S) groups is 1. The molecule has 0 bridgehead atoms. The molecule has 0 aliphatic carbocycles. The lowest BCUT2D eigenvalue weighted by Gasteiger charge is -2.28. The van der Waals surface area contributed by atoms with Crippen LogP contribution in [0.1, 0.15) is 12.0 Å². The zero-order valence-corrected chi connectivity index (χ0v) is 16.6. The first kappa shape index (κ1) is 20.0. The Labute approximate surface area is 166 Å². The van der Waals surface area contributed by atoms with E-state index in [0.29, 0.717) is 5.11 Å². The molecule has 2 saturated heterocycles. The highest BCUT2D eigenvalue weighted by Crippen LogP contribution is 2.15.